The number of nitrogens with one attached hydrogen (secondary N) is 1. The summed E-state index contributed by atoms with van der Waals surface area (Å²) in [5.74, 6) is -0.912. The van der Waals surface area contributed by atoms with Gasteiger partial charge >= 0.3 is 5.97 Å². The van der Waals surface area contributed by atoms with E-state index in [1.165, 1.54) is 16.9 Å². The van der Waals surface area contributed by atoms with E-state index in [-0.39, 0.29) is 0 Å². The Morgan fingerprint density at radius 2 is 2.22 bits per heavy atom. The molecule has 1 atom stereocenters. The molecule has 2 heterocycles. The molecule has 0 spiro atoms. The highest BCUT2D eigenvalue weighted by molar-refractivity contribution is 7.20. The van der Waals surface area contributed by atoms with Gasteiger partial charge in [0.25, 0.3) is 0 Å². The molecule has 0 aliphatic heterocycles. The molecule has 2 aromatic rings. The number of halogens is 2. The van der Waals surface area contributed by atoms with Gasteiger partial charge in [0, 0.05) is 18.7 Å². The summed E-state index contributed by atoms with van der Waals surface area (Å²) in [6, 6.07) is 5.05. The predicted molar refractivity (Wildman–Crippen MR) is 92.6 cm³/mol. The Bertz CT molecular complexity index is 733. The zero-order valence-corrected chi connectivity index (χ0v) is 14.6. The van der Waals surface area contributed by atoms with Gasteiger partial charge in [-0.25, -0.2) is 0 Å². The minimum atomic E-state index is -0.912. The highest BCUT2D eigenvalue weighted by atomic mass is 35.5. The van der Waals surface area contributed by atoms with Crippen molar-refractivity contribution in [1.82, 2.24) is 10.3 Å². The number of carboxylic acid groups (broad SMARTS) is 1. The van der Waals surface area contributed by atoms with Crippen molar-refractivity contribution in [3.8, 4) is 0 Å². The fourth-order valence-corrected chi connectivity index (χ4v) is 4.28. The third-order valence-corrected chi connectivity index (χ3v) is 5.53. The van der Waals surface area contributed by atoms with Crippen LogP contribution in [0.1, 0.15) is 28.9 Å². The number of fused-ring (bicyclic) bond motifs is 1. The van der Waals surface area contributed by atoms with Gasteiger partial charge in [-0.1, -0.05) is 29.3 Å². The van der Waals surface area contributed by atoms with Gasteiger partial charge < -0.3 is 5.11 Å². The van der Waals surface area contributed by atoms with Crippen LogP contribution in [0.2, 0.25) is 8.67 Å². The van der Waals surface area contributed by atoms with Crippen LogP contribution in [0.4, 0.5) is 0 Å². The summed E-state index contributed by atoms with van der Waals surface area (Å²) in [7, 11) is 0. The average molecular weight is 371 g/mol. The van der Waals surface area contributed by atoms with E-state index in [0.29, 0.717) is 21.6 Å². The first-order valence-corrected chi connectivity index (χ1v) is 8.97. The number of aromatic nitrogens is 1. The number of aliphatic carboxylic acids is 1. The molecule has 1 aliphatic carbocycles. The maximum Gasteiger partial charge on any atom is 0.321 e. The molecule has 7 heteroatoms. The van der Waals surface area contributed by atoms with E-state index in [9.17, 15) is 9.90 Å². The van der Waals surface area contributed by atoms with Crippen LogP contribution in [0, 0.1) is 0 Å². The highest BCUT2D eigenvalue weighted by Crippen LogP contribution is 2.32. The smallest absolute Gasteiger partial charge is 0.321 e. The van der Waals surface area contributed by atoms with E-state index in [1.54, 1.807) is 6.07 Å². The first-order valence-electron chi connectivity index (χ1n) is 7.40. The molecule has 4 nitrogen and oxygen atoms in total. The van der Waals surface area contributed by atoms with Crippen molar-refractivity contribution in [2.75, 3.05) is 0 Å². The third-order valence-electron chi connectivity index (χ3n) is 3.96. The number of carboxylic acids is 1. The SMILES string of the molecule is O=C(O)C(Cc1cc(Cl)sc1Cl)NCc1ccc2c(n1)CCC2. The van der Waals surface area contributed by atoms with Gasteiger partial charge in [-0.2, -0.15) is 0 Å². The number of hydrogen-bond acceptors (Lipinski definition) is 4. The molecule has 1 unspecified atom stereocenters. The Labute approximate surface area is 148 Å². The Morgan fingerprint density at radius 3 is 2.91 bits per heavy atom. The van der Waals surface area contributed by atoms with E-state index in [0.717, 1.165) is 36.2 Å². The second kappa shape index (κ2) is 7.18. The van der Waals surface area contributed by atoms with Crippen molar-refractivity contribution in [2.24, 2.45) is 0 Å². The Balaban J connectivity index is 1.66. The third kappa shape index (κ3) is 4.04. The summed E-state index contributed by atoms with van der Waals surface area (Å²) in [5.41, 5.74) is 4.07. The van der Waals surface area contributed by atoms with Gasteiger partial charge in [0.1, 0.15) is 6.04 Å². The molecular weight excluding hydrogens is 355 g/mol. The maximum absolute atomic E-state index is 11.5. The molecule has 0 amide bonds. The predicted octanol–water partition coefficient (Wildman–Crippen LogP) is 3.72. The quantitative estimate of drug-likeness (QED) is 0.813. The number of rotatable bonds is 6. The van der Waals surface area contributed by atoms with Crippen LogP contribution < -0.4 is 5.32 Å². The topological polar surface area (TPSA) is 62.2 Å². The molecule has 122 valence electrons. The summed E-state index contributed by atoms with van der Waals surface area (Å²) < 4.78 is 1.10. The van der Waals surface area contributed by atoms with Crippen molar-refractivity contribution >= 4 is 40.5 Å². The van der Waals surface area contributed by atoms with E-state index >= 15 is 0 Å². The normalized spacial score (nSPS) is 14.7. The first-order chi connectivity index (χ1) is 11.0. The van der Waals surface area contributed by atoms with Crippen molar-refractivity contribution in [1.29, 1.82) is 0 Å². The summed E-state index contributed by atoms with van der Waals surface area (Å²) in [6.07, 6.45) is 3.54. The van der Waals surface area contributed by atoms with Crippen LogP contribution in [0.5, 0.6) is 0 Å². The standard InChI is InChI=1S/C16H16Cl2N2O2S/c17-14-7-10(15(18)23-14)6-13(16(21)22)19-8-11-5-4-9-2-1-3-12(9)20-11/h4-5,7,13,19H,1-3,6,8H2,(H,21,22). The van der Waals surface area contributed by atoms with Gasteiger partial charge in [-0.05, 0) is 42.5 Å². The molecule has 3 rings (SSSR count). The van der Waals surface area contributed by atoms with Gasteiger partial charge in [-0.15, -0.1) is 11.3 Å². The lowest BCUT2D eigenvalue weighted by atomic mass is 10.1. The Hall–Kier alpha value is -1.14. The van der Waals surface area contributed by atoms with E-state index in [4.69, 9.17) is 23.2 Å². The summed E-state index contributed by atoms with van der Waals surface area (Å²) in [4.78, 5) is 16.1. The largest absolute Gasteiger partial charge is 0.480 e. The minimum absolute atomic E-state index is 0.294. The lowest BCUT2D eigenvalue weighted by Gasteiger charge is -2.14. The molecule has 0 aromatic carbocycles. The highest BCUT2D eigenvalue weighted by Gasteiger charge is 2.21. The maximum atomic E-state index is 11.5. The van der Waals surface area contributed by atoms with Gasteiger partial charge in [0.15, 0.2) is 0 Å². The molecule has 0 bridgehead atoms. The van der Waals surface area contributed by atoms with Crippen LogP contribution >= 0.6 is 34.5 Å². The van der Waals surface area contributed by atoms with Crippen molar-refractivity contribution in [3.05, 3.63) is 49.4 Å². The Kier molecular flexibility index (Phi) is 5.21. The van der Waals surface area contributed by atoms with Gasteiger partial charge in [0.05, 0.1) is 14.4 Å². The second-order valence-electron chi connectivity index (χ2n) is 5.59. The molecule has 0 fully saturated rings. The molecule has 2 aromatic heterocycles. The monoisotopic (exact) mass is 370 g/mol. The average Bonchev–Trinajstić information content (AvgIpc) is 3.08. The molecule has 2 N–H and O–H groups in total. The van der Waals surface area contributed by atoms with Crippen molar-refractivity contribution in [3.63, 3.8) is 0 Å². The van der Waals surface area contributed by atoms with Crippen LogP contribution in [0.15, 0.2) is 18.2 Å². The molecule has 23 heavy (non-hydrogen) atoms. The lowest BCUT2D eigenvalue weighted by molar-refractivity contribution is -0.139. The van der Waals surface area contributed by atoms with Crippen molar-refractivity contribution in [2.45, 2.75) is 38.3 Å². The first kappa shape index (κ1) is 16.7. The number of thiophene rings is 1. The zero-order valence-electron chi connectivity index (χ0n) is 12.3. The number of carbonyl (C=O) groups is 1. The molecule has 0 radical (unpaired) electrons. The number of nitrogens with zero attached hydrogens (tertiary/aromatic N) is 1. The molecular formula is C16H16Cl2N2O2S. The number of hydrogen-bond donors (Lipinski definition) is 2. The van der Waals surface area contributed by atoms with Gasteiger partial charge in [0.2, 0.25) is 0 Å². The molecule has 0 saturated heterocycles. The Morgan fingerprint density at radius 1 is 1.39 bits per heavy atom. The lowest BCUT2D eigenvalue weighted by Crippen LogP contribution is -2.38. The van der Waals surface area contributed by atoms with Crippen LogP contribution in [0.25, 0.3) is 0 Å². The van der Waals surface area contributed by atoms with Crippen LogP contribution in [-0.2, 0) is 30.6 Å². The van der Waals surface area contributed by atoms with E-state index in [2.05, 4.69) is 16.4 Å². The summed E-state index contributed by atoms with van der Waals surface area (Å²) >= 11 is 13.2. The molecule has 0 saturated carbocycles. The van der Waals surface area contributed by atoms with Gasteiger partial charge in [-0.3, -0.25) is 15.1 Å². The number of aryl methyl sites for hydroxylation is 2. The molecule has 1 aliphatic rings. The van der Waals surface area contributed by atoms with E-state index in [1.807, 2.05) is 6.07 Å². The van der Waals surface area contributed by atoms with E-state index < -0.39 is 12.0 Å². The zero-order chi connectivity index (χ0) is 16.4. The summed E-state index contributed by atoms with van der Waals surface area (Å²) in [5, 5.41) is 12.5. The summed E-state index contributed by atoms with van der Waals surface area (Å²) in [6.45, 7) is 0.416. The second-order valence-corrected chi connectivity index (χ2v) is 7.87. The van der Waals surface area contributed by atoms with Crippen molar-refractivity contribution < 1.29 is 9.90 Å². The van der Waals surface area contributed by atoms with Crippen LogP contribution in [0.3, 0.4) is 0 Å². The fraction of sp³-hybridized carbons (Fsp3) is 0.375. The minimum Gasteiger partial charge on any atom is -0.480 e. The fourth-order valence-electron chi connectivity index (χ4n) is 2.77. The van der Waals surface area contributed by atoms with Crippen LogP contribution in [-0.4, -0.2) is 22.1 Å². The number of pyridine rings is 1.